The molecule has 0 radical (unpaired) electrons. The van der Waals surface area contributed by atoms with Crippen molar-refractivity contribution in [1.29, 1.82) is 0 Å². The molecule has 1 aliphatic rings. The minimum absolute atomic E-state index is 0.332. The molecule has 0 bridgehead atoms. The van der Waals surface area contributed by atoms with Gasteiger partial charge in [-0.3, -0.25) is 9.59 Å². The number of halogens is 2. The molecular weight excluding hydrogens is 265 g/mol. The topological polar surface area (TPSA) is 66.4 Å². The third kappa shape index (κ3) is 2.70. The second kappa shape index (κ2) is 4.55. The van der Waals surface area contributed by atoms with Crippen molar-refractivity contribution < 1.29 is 14.7 Å². The largest absolute Gasteiger partial charge is 0.481 e. The Labute approximate surface area is 108 Å². The number of benzene rings is 1. The average molecular weight is 274 g/mol. The highest BCUT2D eigenvalue weighted by atomic mass is 35.5. The highest BCUT2D eigenvalue weighted by Gasteiger charge is 2.48. The van der Waals surface area contributed by atoms with Gasteiger partial charge in [0.25, 0.3) is 0 Å². The molecule has 1 saturated carbocycles. The van der Waals surface area contributed by atoms with E-state index in [-0.39, 0.29) is 5.91 Å². The summed E-state index contributed by atoms with van der Waals surface area (Å²) in [7, 11) is 0. The zero-order chi connectivity index (χ0) is 12.6. The molecule has 0 saturated heterocycles. The molecule has 1 aromatic carbocycles. The van der Waals surface area contributed by atoms with Crippen molar-refractivity contribution >= 4 is 40.8 Å². The Morgan fingerprint density at radius 1 is 1.29 bits per heavy atom. The van der Waals surface area contributed by atoms with Crippen LogP contribution in [0.3, 0.4) is 0 Å². The van der Waals surface area contributed by atoms with Crippen molar-refractivity contribution in [3.63, 3.8) is 0 Å². The number of carbonyl (C=O) groups is 2. The van der Waals surface area contributed by atoms with Crippen LogP contribution in [0.1, 0.15) is 6.42 Å². The number of carboxylic acids is 1. The van der Waals surface area contributed by atoms with E-state index in [0.717, 1.165) is 0 Å². The summed E-state index contributed by atoms with van der Waals surface area (Å²) in [5, 5.41) is 12.1. The van der Waals surface area contributed by atoms with Crippen LogP contribution in [-0.4, -0.2) is 17.0 Å². The van der Waals surface area contributed by atoms with E-state index in [0.29, 0.717) is 22.2 Å². The maximum Gasteiger partial charge on any atom is 0.307 e. The van der Waals surface area contributed by atoms with Crippen LogP contribution in [0.5, 0.6) is 0 Å². The average Bonchev–Trinajstić information content (AvgIpc) is 3.03. The van der Waals surface area contributed by atoms with Crippen LogP contribution in [0.2, 0.25) is 10.0 Å². The molecule has 1 aliphatic carbocycles. The lowest BCUT2D eigenvalue weighted by molar-refractivity contribution is -0.139. The number of carbonyl (C=O) groups excluding carboxylic acids is 1. The molecular formula is C11H9Cl2NO3. The van der Waals surface area contributed by atoms with Gasteiger partial charge in [0.15, 0.2) is 0 Å². The molecule has 0 aliphatic heterocycles. The van der Waals surface area contributed by atoms with Crippen LogP contribution in [0.25, 0.3) is 0 Å². The van der Waals surface area contributed by atoms with Crippen molar-refractivity contribution in [3.8, 4) is 0 Å². The lowest BCUT2D eigenvalue weighted by Crippen LogP contribution is -2.17. The van der Waals surface area contributed by atoms with Gasteiger partial charge >= 0.3 is 5.97 Å². The summed E-state index contributed by atoms with van der Waals surface area (Å²) >= 11 is 11.6. The second-order valence-corrected chi connectivity index (χ2v) is 4.74. The molecule has 1 aromatic rings. The van der Waals surface area contributed by atoms with Gasteiger partial charge in [-0.15, -0.1) is 0 Å². The van der Waals surface area contributed by atoms with Crippen LogP contribution >= 0.6 is 23.2 Å². The molecule has 1 fully saturated rings. The van der Waals surface area contributed by atoms with Crippen LogP contribution < -0.4 is 5.32 Å². The number of nitrogens with one attached hydrogen (secondary N) is 1. The fraction of sp³-hybridized carbons (Fsp3) is 0.273. The van der Waals surface area contributed by atoms with Crippen LogP contribution in [0, 0.1) is 11.8 Å². The maximum atomic E-state index is 11.7. The first kappa shape index (κ1) is 12.2. The predicted octanol–water partition coefficient (Wildman–Crippen LogP) is 2.65. The van der Waals surface area contributed by atoms with Crippen LogP contribution in [0.15, 0.2) is 18.2 Å². The summed E-state index contributed by atoms with van der Waals surface area (Å²) in [5.74, 6) is -2.32. The number of rotatable bonds is 3. The summed E-state index contributed by atoms with van der Waals surface area (Å²) < 4.78 is 0. The molecule has 90 valence electrons. The third-order valence-electron chi connectivity index (χ3n) is 2.63. The lowest BCUT2D eigenvalue weighted by Gasteiger charge is -2.06. The van der Waals surface area contributed by atoms with Crippen molar-refractivity contribution in [2.45, 2.75) is 6.42 Å². The Kier molecular flexibility index (Phi) is 3.26. The molecule has 0 aromatic heterocycles. The number of aliphatic carboxylic acids is 1. The standard InChI is InChI=1S/C11H9Cl2NO3/c12-5-1-2-8(13)9(3-5)14-10(15)6-4-7(6)11(16)17/h1-3,6-7H,4H2,(H,14,15)(H,16,17). The van der Waals surface area contributed by atoms with E-state index in [2.05, 4.69) is 5.32 Å². The van der Waals surface area contributed by atoms with Gasteiger partial charge in [-0.05, 0) is 24.6 Å². The van der Waals surface area contributed by atoms with Crippen molar-refractivity contribution in [1.82, 2.24) is 0 Å². The van der Waals surface area contributed by atoms with Gasteiger partial charge in [-0.25, -0.2) is 0 Å². The summed E-state index contributed by atoms with van der Waals surface area (Å²) in [6, 6.07) is 4.71. The summed E-state index contributed by atoms with van der Waals surface area (Å²) in [5.41, 5.74) is 0.403. The van der Waals surface area contributed by atoms with Gasteiger partial charge in [-0.1, -0.05) is 23.2 Å². The summed E-state index contributed by atoms with van der Waals surface area (Å²) in [4.78, 5) is 22.3. The van der Waals surface area contributed by atoms with Crippen LogP contribution in [-0.2, 0) is 9.59 Å². The predicted molar refractivity (Wildman–Crippen MR) is 64.3 cm³/mol. The molecule has 17 heavy (non-hydrogen) atoms. The molecule has 1 amide bonds. The summed E-state index contributed by atoms with van der Waals surface area (Å²) in [6.07, 6.45) is 0.374. The zero-order valence-corrected chi connectivity index (χ0v) is 10.1. The molecule has 2 rings (SSSR count). The van der Waals surface area contributed by atoms with Gasteiger partial charge < -0.3 is 10.4 Å². The number of hydrogen-bond acceptors (Lipinski definition) is 2. The molecule has 2 N–H and O–H groups in total. The second-order valence-electron chi connectivity index (χ2n) is 3.90. The fourth-order valence-electron chi connectivity index (χ4n) is 1.58. The van der Waals surface area contributed by atoms with Crippen molar-refractivity contribution in [2.24, 2.45) is 11.8 Å². The van der Waals surface area contributed by atoms with Gasteiger partial charge in [-0.2, -0.15) is 0 Å². The minimum Gasteiger partial charge on any atom is -0.481 e. The molecule has 4 nitrogen and oxygen atoms in total. The van der Waals surface area contributed by atoms with Gasteiger partial charge in [0.05, 0.1) is 22.5 Å². The number of anilines is 1. The van der Waals surface area contributed by atoms with Gasteiger partial charge in [0, 0.05) is 5.02 Å². The Bertz CT molecular complexity index is 490. The smallest absolute Gasteiger partial charge is 0.307 e. The van der Waals surface area contributed by atoms with Crippen molar-refractivity contribution in [2.75, 3.05) is 5.32 Å². The monoisotopic (exact) mass is 273 g/mol. The molecule has 2 atom stereocenters. The van der Waals surface area contributed by atoms with Gasteiger partial charge in [0.2, 0.25) is 5.91 Å². The highest BCUT2D eigenvalue weighted by molar-refractivity contribution is 6.35. The number of hydrogen-bond donors (Lipinski definition) is 2. The first-order valence-corrected chi connectivity index (χ1v) is 5.73. The minimum atomic E-state index is -0.942. The highest BCUT2D eigenvalue weighted by Crippen LogP contribution is 2.40. The first-order chi connectivity index (χ1) is 7.99. The molecule has 0 heterocycles. The normalized spacial score (nSPS) is 22.0. The van der Waals surface area contributed by atoms with E-state index in [1.54, 1.807) is 12.1 Å². The fourth-order valence-corrected chi connectivity index (χ4v) is 1.91. The van der Waals surface area contributed by atoms with Crippen LogP contribution in [0.4, 0.5) is 5.69 Å². The van der Waals surface area contributed by atoms with Gasteiger partial charge in [0.1, 0.15) is 0 Å². The molecule has 0 spiro atoms. The Morgan fingerprint density at radius 2 is 2.00 bits per heavy atom. The summed E-state index contributed by atoms with van der Waals surface area (Å²) in [6.45, 7) is 0. The van der Waals surface area contributed by atoms with Crippen molar-refractivity contribution in [3.05, 3.63) is 28.2 Å². The van der Waals surface area contributed by atoms with E-state index < -0.39 is 17.8 Å². The Hall–Kier alpha value is -1.26. The molecule has 6 heteroatoms. The van der Waals surface area contributed by atoms with E-state index in [1.165, 1.54) is 6.07 Å². The van der Waals surface area contributed by atoms with E-state index in [1.807, 2.05) is 0 Å². The lowest BCUT2D eigenvalue weighted by atomic mass is 10.2. The Balaban J connectivity index is 2.04. The zero-order valence-electron chi connectivity index (χ0n) is 8.61. The Morgan fingerprint density at radius 3 is 2.59 bits per heavy atom. The quantitative estimate of drug-likeness (QED) is 0.890. The molecule has 2 unspecified atom stereocenters. The van der Waals surface area contributed by atoms with E-state index >= 15 is 0 Å². The van der Waals surface area contributed by atoms with E-state index in [9.17, 15) is 9.59 Å². The first-order valence-electron chi connectivity index (χ1n) is 4.98. The number of amides is 1. The third-order valence-corrected chi connectivity index (χ3v) is 3.20. The number of carboxylic acid groups (broad SMARTS) is 1. The maximum absolute atomic E-state index is 11.7. The SMILES string of the molecule is O=C(O)C1CC1C(=O)Nc1cc(Cl)ccc1Cl. The van der Waals surface area contributed by atoms with E-state index in [4.69, 9.17) is 28.3 Å².